The van der Waals surface area contributed by atoms with Crippen molar-refractivity contribution in [1.82, 2.24) is 0 Å². The third-order valence-electron chi connectivity index (χ3n) is 3.45. The van der Waals surface area contributed by atoms with Crippen molar-refractivity contribution >= 4 is 0 Å². The zero-order valence-electron chi connectivity index (χ0n) is 11.1. The van der Waals surface area contributed by atoms with Crippen LogP contribution >= 0.6 is 0 Å². The average molecular weight is 250 g/mol. The molecule has 0 saturated heterocycles. The third kappa shape index (κ3) is 3.21. The molecule has 2 aromatic carbocycles. The van der Waals surface area contributed by atoms with E-state index in [1.807, 2.05) is 24.3 Å². The summed E-state index contributed by atoms with van der Waals surface area (Å²) in [5, 5.41) is 8.94. The molecule has 2 aromatic rings. The maximum atomic E-state index is 8.94. The lowest BCUT2D eigenvalue weighted by Gasteiger charge is -2.17. The fourth-order valence-electron chi connectivity index (χ4n) is 2.42. The van der Waals surface area contributed by atoms with Gasteiger partial charge in [0, 0.05) is 5.92 Å². The summed E-state index contributed by atoms with van der Waals surface area (Å²) in [6, 6.07) is 18.3. The lowest BCUT2D eigenvalue weighted by Crippen LogP contribution is -2.16. The van der Waals surface area contributed by atoms with E-state index in [4.69, 9.17) is 11.0 Å². The molecule has 19 heavy (non-hydrogen) atoms. The summed E-state index contributed by atoms with van der Waals surface area (Å²) in [5.41, 5.74) is 10.4. The quantitative estimate of drug-likeness (QED) is 0.906. The Morgan fingerprint density at radius 2 is 1.95 bits per heavy atom. The number of aryl methyl sites for hydroxylation is 1. The number of benzene rings is 2. The fraction of sp³-hybridized carbons (Fsp3) is 0.235. The van der Waals surface area contributed by atoms with Gasteiger partial charge in [-0.1, -0.05) is 36.4 Å². The number of nitriles is 1. The first-order chi connectivity index (χ1) is 9.24. The van der Waals surface area contributed by atoms with Crippen molar-refractivity contribution in [2.75, 3.05) is 6.54 Å². The molecule has 2 rings (SSSR count). The Kier molecular flexibility index (Phi) is 4.33. The molecule has 96 valence electrons. The molecule has 0 aliphatic heterocycles. The fourth-order valence-corrected chi connectivity index (χ4v) is 2.42. The van der Waals surface area contributed by atoms with Crippen molar-refractivity contribution in [2.24, 2.45) is 5.73 Å². The Hall–Kier alpha value is -2.11. The highest BCUT2D eigenvalue weighted by Gasteiger charge is 2.12. The first-order valence-corrected chi connectivity index (χ1v) is 6.49. The summed E-state index contributed by atoms with van der Waals surface area (Å²) in [6.45, 7) is 2.73. The Labute approximate surface area is 114 Å². The molecular formula is C17H18N2. The van der Waals surface area contributed by atoms with Crippen LogP contribution in [0.3, 0.4) is 0 Å². The second kappa shape index (κ2) is 6.17. The van der Waals surface area contributed by atoms with Crippen molar-refractivity contribution in [2.45, 2.75) is 19.3 Å². The normalized spacial score (nSPS) is 11.8. The SMILES string of the molecule is Cc1ccccc1C(CN)Cc1cccc(C#N)c1. The van der Waals surface area contributed by atoms with Gasteiger partial charge in [0.1, 0.15) is 0 Å². The number of nitrogens with zero attached hydrogens (tertiary/aromatic N) is 1. The molecule has 0 bridgehead atoms. The van der Waals surface area contributed by atoms with E-state index in [-0.39, 0.29) is 0 Å². The molecule has 2 nitrogen and oxygen atoms in total. The Morgan fingerprint density at radius 3 is 2.63 bits per heavy atom. The van der Waals surface area contributed by atoms with Crippen LogP contribution in [0.5, 0.6) is 0 Å². The largest absolute Gasteiger partial charge is 0.330 e. The zero-order valence-corrected chi connectivity index (χ0v) is 11.1. The molecule has 0 aliphatic carbocycles. The van der Waals surface area contributed by atoms with Crippen molar-refractivity contribution in [3.8, 4) is 6.07 Å². The summed E-state index contributed by atoms with van der Waals surface area (Å²) in [5.74, 6) is 0.301. The number of hydrogen-bond acceptors (Lipinski definition) is 2. The molecule has 2 heteroatoms. The van der Waals surface area contributed by atoms with Crippen LogP contribution in [0, 0.1) is 18.3 Å². The van der Waals surface area contributed by atoms with Crippen LogP contribution in [-0.4, -0.2) is 6.54 Å². The van der Waals surface area contributed by atoms with Crippen LogP contribution in [0.15, 0.2) is 48.5 Å². The maximum Gasteiger partial charge on any atom is 0.0991 e. The van der Waals surface area contributed by atoms with Crippen LogP contribution in [0.2, 0.25) is 0 Å². The zero-order chi connectivity index (χ0) is 13.7. The molecule has 2 N–H and O–H groups in total. The molecule has 0 aromatic heterocycles. The van der Waals surface area contributed by atoms with E-state index in [0.717, 1.165) is 12.0 Å². The van der Waals surface area contributed by atoms with Gasteiger partial charge in [0.25, 0.3) is 0 Å². The smallest absolute Gasteiger partial charge is 0.0991 e. The van der Waals surface area contributed by atoms with Gasteiger partial charge in [0.2, 0.25) is 0 Å². The van der Waals surface area contributed by atoms with Gasteiger partial charge in [-0.15, -0.1) is 0 Å². The van der Waals surface area contributed by atoms with Crippen molar-refractivity contribution in [1.29, 1.82) is 5.26 Å². The van der Waals surface area contributed by atoms with Crippen molar-refractivity contribution < 1.29 is 0 Å². The van der Waals surface area contributed by atoms with E-state index in [9.17, 15) is 0 Å². The minimum absolute atomic E-state index is 0.301. The second-order valence-corrected chi connectivity index (χ2v) is 4.81. The molecular weight excluding hydrogens is 232 g/mol. The summed E-state index contributed by atoms with van der Waals surface area (Å²) < 4.78 is 0. The van der Waals surface area contributed by atoms with Crippen LogP contribution in [0.4, 0.5) is 0 Å². The number of nitrogens with two attached hydrogens (primary N) is 1. The van der Waals surface area contributed by atoms with Gasteiger partial charge in [0.15, 0.2) is 0 Å². The summed E-state index contributed by atoms with van der Waals surface area (Å²) in [6.07, 6.45) is 0.872. The van der Waals surface area contributed by atoms with E-state index in [1.54, 1.807) is 0 Å². The van der Waals surface area contributed by atoms with E-state index in [1.165, 1.54) is 11.1 Å². The summed E-state index contributed by atoms with van der Waals surface area (Å²) in [7, 11) is 0. The predicted octanol–water partition coefficient (Wildman–Crippen LogP) is 3.15. The molecule has 0 amide bonds. The van der Waals surface area contributed by atoms with E-state index in [2.05, 4.69) is 37.3 Å². The lowest BCUT2D eigenvalue weighted by atomic mass is 9.89. The highest BCUT2D eigenvalue weighted by molar-refractivity contribution is 5.35. The maximum absolute atomic E-state index is 8.94. The number of hydrogen-bond donors (Lipinski definition) is 1. The molecule has 0 fully saturated rings. The van der Waals surface area contributed by atoms with Crippen LogP contribution in [0.1, 0.15) is 28.2 Å². The summed E-state index contributed by atoms with van der Waals surface area (Å²) in [4.78, 5) is 0. The van der Waals surface area contributed by atoms with Gasteiger partial charge >= 0.3 is 0 Å². The molecule has 1 atom stereocenters. The molecule has 0 radical (unpaired) electrons. The Balaban J connectivity index is 2.24. The van der Waals surface area contributed by atoms with Crippen LogP contribution in [-0.2, 0) is 6.42 Å². The van der Waals surface area contributed by atoms with Gasteiger partial charge in [-0.05, 0) is 48.7 Å². The predicted molar refractivity (Wildman–Crippen MR) is 77.8 cm³/mol. The van der Waals surface area contributed by atoms with E-state index >= 15 is 0 Å². The topological polar surface area (TPSA) is 49.8 Å². The first kappa shape index (κ1) is 13.3. The minimum Gasteiger partial charge on any atom is -0.330 e. The summed E-state index contributed by atoms with van der Waals surface area (Å²) >= 11 is 0. The molecule has 0 aliphatic rings. The highest BCUT2D eigenvalue weighted by Crippen LogP contribution is 2.23. The van der Waals surface area contributed by atoms with Gasteiger partial charge in [0.05, 0.1) is 11.6 Å². The van der Waals surface area contributed by atoms with Gasteiger partial charge < -0.3 is 5.73 Å². The van der Waals surface area contributed by atoms with Gasteiger partial charge in [-0.25, -0.2) is 0 Å². The number of rotatable bonds is 4. The molecule has 1 unspecified atom stereocenters. The van der Waals surface area contributed by atoms with Gasteiger partial charge in [-0.2, -0.15) is 5.26 Å². The molecule has 0 saturated carbocycles. The monoisotopic (exact) mass is 250 g/mol. The van der Waals surface area contributed by atoms with Crippen molar-refractivity contribution in [3.63, 3.8) is 0 Å². The lowest BCUT2D eigenvalue weighted by molar-refractivity contribution is 0.690. The van der Waals surface area contributed by atoms with Crippen LogP contribution in [0.25, 0.3) is 0 Å². The minimum atomic E-state index is 0.301. The Bertz CT molecular complexity index is 596. The second-order valence-electron chi connectivity index (χ2n) is 4.81. The van der Waals surface area contributed by atoms with E-state index in [0.29, 0.717) is 18.0 Å². The van der Waals surface area contributed by atoms with E-state index < -0.39 is 0 Å². The third-order valence-corrected chi connectivity index (χ3v) is 3.45. The Morgan fingerprint density at radius 1 is 1.16 bits per heavy atom. The average Bonchev–Trinajstić information content (AvgIpc) is 2.46. The van der Waals surface area contributed by atoms with Gasteiger partial charge in [-0.3, -0.25) is 0 Å². The molecule has 0 spiro atoms. The standard InChI is InChI=1S/C17H18N2/c1-13-5-2-3-8-17(13)16(12-19)10-14-6-4-7-15(9-14)11-18/h2-9,16H,10,12,19H2,1H3. The molecule has 0 heterocycles. The first-order valence-electron chi connectivity index (χ1n) is 6.49. The highest BCUT2D eigenvalue weighted by atomic mass is 14.5. The van der Waals surface area contributed by atoms with Crippen molar-refractivity contribution in [3.05, 3.63) is 70.8 Å². The van der Waals surface area contributed by atoms with Crippen LogP contribution < -0.4 is 5.73 Å².